The summed E-state index contributed by atoms with van der Waals surface area (Å²) in [5.74, 6) is 2.84. The lowest BCUT2D eigenvalue weighted by Crippen LogP contribution is -2.43. The second-order valence-electron chi connectivity index (χ2n) is 18.1. The van der Waals surface area contributed by atoms with Crippen molar-refractivity contribution in [3.05, 3.63) is 47.4 Å². The molecule has 3 aliphatic heterocycles. The van der Waals surface area contributed by atoms with Crippen LogP contribution in [0.4, 0.5) is 24.7 Å². The molecule has 9 rings (SSSR count). The highest BCUT2D eigenvalue weighted by atomic mass is 28.3. The molecule has 0 unspecified atom stereocenters. The lowest BCUT2D eigenvalue weighted by molar-refractivity contribution is 0.107. The smallest absolute Gasteiger partial charge is 0.319 e. The van der Waals surface area contributed by atoms with Crippen LogP contribution in [0.1, 0.15) is 83.8 Å². The van der Waals surface area contributed by atoms with E-state index >= 15 is 8.78 Å². The molecule has 57 heavy (non-hydrogen) atoms. The largest absolute Gasteiger partial charge is 0.461 e. The Balaban J connectivity index is 1.23. The highest BCUT2D eigenvalue weighted by Crippen LogP contribution is 2.62. The average Bonchev–Trinajstić information content (AvgIpc) is 3.96. The van der Waals surface area contributed by atoms with Crippen molar-refractivity contribution < 1.29 is 28.1 Å². The number of pyridine rings is 1. The molecule has 2 aliphatic carbocycles. The highest BCUT2D eigenvalue weighted by molar-refractivity contribution is 6.90. The lowest BCUT2D eigenvalue weighted by Gasteiger charge is -2.38. The molecule has 0 amide bonds. The maximum Gasteiger partial charge on any atom is 0.319 e. The average molecular weight is 801 g/mol. The van der Waals surface area contributed by atoms with Gasteiger partial charge in [-0.3, -0.25) is 9.88 Å². The van der Waals surface area contributed by atoms with Crippen LogP contribution in [0.25, 0.3) is 32.9 Å². The molecule has 5 fully saturated rings. The molecule has 2 aromatic heterocycles. The molecule has 6 atom stereocenters. The van der Waals surface area contributed by atoms with Gasteiger partial charge >= 0.3 is 6.01 Å². The Kier molecular flexibility index (Phi) is 8.25. The molecule has 5 aliphatic rings. The van der Waals surface area contributed by atoms with Gasteiger partial charge in [0.2, 0.25) is 0 Å². The van der Waals surface area contributed by atoms with Crippen LogP contribution in [-0.4, -0.2) is 91.2 Å². The summed E-state index contributed by atoms with van der Waals surface area (Å²) in [6, 6.07) is 5.80. The summed E-state index contributed by atoms with van der Waals surface area (Å²) in [6.07, 6.45) is -0.177. The molecule has 2 aromatic carbocycles. The Hall–Kier alpha value is -3.92. The molecule has 1 spiro atoms. The van der Waals surface area contributed by atoms with Crippen LogP contribution in [0.3, 0.4) is 0 Å². The predicted octanol–water partition coefficient (Wildman–Crippen LogP) is 8.96. The zero-order valence-electron chi connectivity index (χ0n) is 37.8. The van der Waals surface area contributed by atoms with E-state index in [9.17, 15) is 7.13 Å². The van der Waals surface area contributed by atoms with Gasteiger partial charge in [0.1, 0.15) is 38.6 Å². The lowest BCUT2D eigenvalue weighted by atomic mass is 9.89. The second kappa shape index (κ2) is 13.8. The number of hydrogen-bond acceptors (Lipinski definition) is 8. The third-order valence-electron chi connectivity index (χ3n) is 13.9. The van der Waals surface area contributed by atoms with E-state index in [1.807, 2.05) is 11.8 Å². The summed E-state index contributed by atoms with van der Waals surface area (Å²) in [4.78, 5) is 17.9. The molecule has 5 heterocycles. The quantitative estimate of drug-likeness (QED) is 0.107. The number of nitrogens with two attached hydrogens (primary N) is 1. The van der Waals surface area contributed by atoms with E-state index in [4.69, 9.17) is 32.9 Å². The Morgan fingerprint density at radius 3 is 2.61 bits per heavy atom. The van der Waals surface area contributed by atoms with Gasteiger partial charge in [-0.15, -0.1) is 5.54 Å². The molecule has 0 bridgehead atoms. The van der Waals surface area contributed by atoms with Crippen molar-refractivity contribution in [2.75, 3.05) is 50.0 Å². The fourth-order valence-corrected chi connectivity index (χ4v) is 15.9. The standard InChI is InChI=1S/C45H55F3N6O2Si/c1-25(2)57(26(3)4,27(5)6)16-11-31-35(46)10-9-29-17-30(49)18-32(37(29)31)39-28(7)40-33(20-50-39)42(54-14-15-55-21-34-38(48)41(34)54)52-43(51-40)56-24-45-12-8-13-53(45)23-44(22-45)19-36(44)47/h9-10,17-18,20,25-27,34,36,38,41H,8,12-15,19,21-24,49H2,1-7H3/t34-,36+,38-,41-,44-,45-/m0/s1/i13D2,24D2. The number of ether oxygens (including phenoxy) is 2. The van der Waals surface area contributed by atoms with Crippen LogP contribution in [-0.2, 0) is 4.74 Å². The van der Waals surface area contributed by atoms with Crippen molar-refractivity contribution in [1.29, 1.82) is 0 Å². The van der Waals surface area contributed by atoms with Gasteiger partial charge in [-0.2, -0.15) is 9.97 Å². The Bertz CT molecular complexity index is 2500. The summed E-state index contributed by atoms with van der Waals surface area (Å²) in [7, 11) is -2.28. The third-order valence-corrected chi connectivity index (χ3v) is 20.2. The molecular formula is C45H55F3N6O2Si. The van der Waals surface area contributed by atoms with Gasteiger partial charge in [0.15, 0.2) is 0 Å². The SMILES string of the molecule is [2H]C1([2H])CC[C@@]2(C([2H])([2H])Oc3nc(N4CCOC[C@H]5[C@H](F)[C@H]54)c4cnc(-c5cc(N)cc6ccc(F)c(C#C[Si](C(C)C)(C(C)C)C(C)C)c56)c(C)c4n3)C[C@@]3(C[C@H]3F)CN12. The molecule has 3 saturated heterocycles. The molecule has 302 valence electrons. The third kappa shape index (κ3) is 6.12. The molecule has 2 saturated carbocycles. The molecule has 2 N–H and O–H groups in total. The van der Waals surface area contributed by atoms with Crippen LogP contribution < -0.4 is 15.4 Å². The first kappa shape index (κ1) is 34.0. The topological polar surface area (TPSA) is 89.6 Å². The second-order valence-corrected chi connectivity index (χ2v) is 23.7. The fourth-order valence-electron chi connectivity index (χ4n) is 10.7. The summed E-state index contributed by atoms with van der Waals surface area (Å²) in [5, 5.41) is 1.72. The summed E-state index contributed by atoms with van der Waals surface area (Å²) in [5.41, 5.74) is 11.5. The molecule has 8 nitrogen and oxygen atoms in total. The van der Waals surface area contributed by atoms with E-state index in [-0.39, 0.29) is 56.3 Å². The van der Waals surface area contributed by atoms with E-state index in [1.54, 1.807) is 24.4 Å². The van der Waals surface area contributed by atoms with Crippen molar-refractivity contribution >= 4 is 41.3 Å². The van der Waals surface area contributed by atoms with Crippen molar-refractivity contribution in [3.8, 4) is 28.7 Å². The monoisotopic (exact) mass is 800 g/mol. The maximum absolute atomic E-state index is 16.3. The zero-order chi connectivity index (χ0) is 43.8. The normalized spacial score (nSPS) is 30.5. The number of halogens is 3. The van der Waals surface area contributed by atoms with Gasteiger partial charge in [-0.25, -0.2) is 13.2 Å². The Morgan fingerprint density at radius 1 is 1.14 bits per heavy atom. The number of anilines is 2. The van der Waals surface area contributed by atoms with Crippen LogP contribution >= 0.6 is 0 Å². The summed E-state index contributed by atoms with van der Waals surface area (Å²) < 4.78 is 95.1. The molecular weight excluding hydrogens is 742 g/mol. The number of alkyl halides is 2. The first-order chi connectivity index (χ1) is 28.7. The molecule has 0 radical (unpaired) electrons. The van der Waals surface area contributed by atoms with E-state index < -0.39 is 56.3 Å². The summed E-state index contributed by atoms with van der Waals surface area (Å²) in [6.45, 7) is 11.6. The minimum atomic E-state index is -2.56. The van der Waals surface area contributed by atoms with Gasteiger partial charge < -0.3 is 20.1 Å². The number of rotatable bonds is 8. The minimum Gasteiger partial charge on any atom is -0.461 e. The first-order valence-corrected chi connectivity index (χ1v) is 22.7. The van der Waals surface area contributed by atoms with E-state index in [0.29, 0.717) is 79.8 Å². The number of benzene rings is 2. The Morgan fingerprint density at radius 2 is 1.89 bits per heavy atom. The maximum atomic E-state index is 16.3. The summed E-state index contributed by atoms with van der Waals surface area (Å²) >= 11 is 0. The van der Waals surface area contributed by atoms with E-state index in [0.717, 1.165) is 0 Å². The van der Waals surface area contributed by atoms with E-state index in [1.165, 1.54) is 11.0 Å². The number of nitrogens with zero attached hydrogens (tertiary/aromatic N) is 5. The number of aryl methyl sites for hydroxylation is 1. The van der Waals surface area contributed by atoms with Crippen molar-refractivity contribution in [2.45, 2.75) is 115 Å². The molecule has 4 aromatic rings. The fraction of sp³-hybridized carbons (Fsp3) is 0.578. The number of aromatic nitrogens is 3. The van der Waals surface area contributed by atoms with Gasteiger partial charge in [0, 0.05) is 55.6 Å². The number of fused-ring (bicyclic) bond motifs is 4. The van der Waals surface area contributed by atoms with Crippen LogP contribution in [0, 0.1) is 35.5 Å². The Labute approximate surface area is 340 Å². The van der Waals surface area contributed by atoms with Crippen LogP contribution in [0.15, 0.2) is 30.5 Å². The predicted molar refractivity (Wildman–Crippen MR) is 223 cm³/mol. The van der Waals surface area contributed by atoms with Crippen LogP contribution in [0.5, 0.6) is 6.01 Å². The molecule has 12 heteroatoms. The number of nitrogen functional groups attached to an aromatic ring is 1. The first-order valence-electron chi connectivity index (χ1n) is 22.5. The van der Waals surface area contributed by atoms with Gasteiger partial charge in [0.05, 0.1) is 49.7 Å². The zero-order valence-corrected chi connectivity index (χ0v) is 34.8. The van der Waals surface area contributed by atoms with Gasteiger partial charge in [0.25, 0.3) is 0 Å². The van der Waals surface area contributed by atoms with Crippen molar-refractivity contribution in [2.24, 2.45) is 11.3 Å². The number of hydrogen-bond donors (Lipinski definition) is 1. The minimum absolute atomic E-state index is 0.0618. The van der Waals surface area contributed by atoms with Crippen molar-refractivity contribution in [1.82, 2.24) is 19.9 Å². The van der Waals surface area contributed by atoms with Gasteiger partial charge in [-0.05, 0) is 79.3 Å². The van der Waals surface area contributed by atoms with E-state index in [2.05, 4.69) is 53.0 Å². The van der Waals surface area contributed by atoms with Crippen LogP contribution in [0.2, 0.25) is 16.6 Å². The van der Waals surface area contributed by atoms with Crippen molar-refractivity contribution in [3.63, 3.8) is 0 Å². The van der Waals surface area contributed by atoms with Gasteiger partial charge in [-0.1, -0.05) is 53.5 Å². The highest BCUT2D eigenvalue weighted by Gasteiger charge is 2.67.